The third kappa shape index (κ3) is 3.33. The van der Waals surface area contributed by atoms with Gasteiger partial charge in [0, 0.05) is 17.3 Å². The molecule has 1 aromatic rings. The fourth-order valence-electron chi connectivity index (χ4n) is 2.95. The molecule has 0 aliphatic carbocycles. The lowest BCUT2D eigenvalue weighted by Gasteiger charge is -2.21. The van der Waals surface area contributed by atoms with Gasteiger partial charge in [-0.15, -0.1) is 0 Å². The van der Waals surface area contributed by atoms with Crippen molar-refractivity contribution in [1.82, 2.24) is 5.32 Å². The van der Waals surface area contributed by atoms with Crippen LogP contribution in [0.3, 0.4) is 0 Å². The molecule has 1 aliphatic rings. The molecular formula is C16H20BrNO4. The summed E-state index contributed by atoms with van der Waals surface area (Å²) >= 11 is 3.42. The Hall–Kier alpha value is -1.40. The zero-order valence-corrected chi connectivity index (χ0v) is 14.2. The maximum absolute atomic E-state index is 12.3. The Morgan fingerprint density at radius 1 is 1.23 bits per heavy atom. The van der Waals surface area contributed by atoms with Crippen LogP contribution in [0.25, 0.3) is 0 Å². The Morgan fingerprint density at radius 3 is 2.45 bits per heavy atom. The fraction of sp³-hybridized carbons (Fsp3) is 0.500. The SMILES string of the molecule is CCOC(=O)[C@@H]1N[C@H](c2ccccc2)[C@@H](C(=O)OC)[C@@H]1CBr. The molecule has 5 nitrogen and oxygen atoms in total. The number of alkyl halides is 1. The second kappa shape index (κ2) is 7.74. The highest BCUT2D eigenvalue weighted by Gasteiger charge is 2.50. The number of benzene rings is 1. The van der Waals surface area contributed by atoms with Crippen LogP contribution < -0.4 is 5.32 Å². The Kier molecular flexibility index (Phi) is 5.97. The first-order valence-corrected chi connectivity index (χ1v) is 8.37. The van der Waals surface area contributed by atoms with Crippen LogP contribution in [-0.2, 0) is 19.1 Å². The first-order chi connectivity index (χ1) is 10.6. The lowest BCUT2D eigenvalue weighted by atomic mass is 9.85. The summed E-state index contributed by atoms with van der Waals surface area (Å²) in [6.45, 7) is 2.08. The van der Waals surface area contributed by atoms with Crippen molar-refractivity contribution < 1.29 is 19.1 Å². The highest BCUT2D eigenvalue weighted by Crippen LogP contribution is 2.39. The van der Waals surface area contributed by atoms with Crippen LogP contribution in [0.15, 0.2) is 30.3 Å². The molecule has 1 saturated heterocycles. The van der Waals surface area contributed by atoms with E-state index >= 15 is 0 Å². The monoisotopic (exact) mass is 369 g/mol. The van der Waals surface area contributed by atoms with Gasteiger partial charge < -0.3 is 9.47 Å². The van der Waals surface area contributed by atoms with Crippen molar-refractivity contribution in [3.8, 4) is 0 Å². The number of carbonyl (C=O) groups is 2. The summed E-state index contributed by atoms with van der Waals surface area (Å²) in [4.78, 5) is 24.4. The average molecular weight is 370 g/mol. The van der Waals surface area contributed by atoms with E-state index in [2.05, 4.69) is 21.2 Å². The van der Waals surface area contributed by atoms with E-state index in [9.17, 15) is 9.59 Å². The van der Waals surface area contributed by atoms with E-state index in [0.717, 1.165) is 5.56 Å². The molecule has 2 rings (SSSR count). The molecule has 0 unspecified atom stereocenters. The molecule has 1 aliphatic heterocycles. The minimum atomic E-state index is -0.534. The Balaban J connectivity index is 2.35. The molecule has 1 heterocycles. The Morgan fingerprint density at radius 2 is 1.91 bits per heavy atom. The van der Waals surface area contributed by atoms with E-state index in [-0.39, 0.29) is 23.9 Å². The van der Waals surface area contributed by atoms with Gasteiger partial charge in [0.05, 0.1) is 19.6 Å². The topological polar surface area (TPSA) is 64.6 Å². The van der Waals surface area contributed by atoms with Crippen LogP contribution >= 0.6 is 15.9 Å². The minimum Gasteiger partial charge on any atom is -0.469 e. The quantitative estimate of drug-likeness (QED) is 0.635. The fourth-order valence-corrected chi connectivity index (χ4v) is 3.72. The molecule has 1 N–H and O–H groups in total. The number of halogens is 1. The van der Waals surface area contributed by atoms with Crippen LogP contribution in [-0.4, -0.2) is 37.0 Å². The number of methoxy groups -OCH3 is 1. The van der Waals surface area contributed by atoms with E-state index in [1.54, 1.807) is 6.92 Å². The van der Waals surface area contributed by atoms with Crippen LogP contribution in [0.4, 0.5) is 0 Å². The molecule has 1 aromatic carbocycles. The summed E-state index contributed by atoms with van der Waals surface area (Å²) < 4.78 is 10.1. The molecule has 6 heteroatoms. The Labute approximate surface area is 138 Å². The highest BCUT2D eigenvalue weighted by atomic mass is 79.9. The highest BCUT2D eigenvalue weighted by molar-refractivity contribution is 9.09. The predicted molar refractivity (Wildman–Crippen MR) is 85.5 cm³/mol. The van der Waals surface area contributed by atoms with Crippen molar-refractivity contribution in [3.05, 3.63) is 35.9 Å². The van der Waals surface area contributed by atoms with Crippen LogP contribution in [0.1, 0.15) is 18.5 Å². The van der Waals surface area contributed by atoms with Gasteiger partial charge in [-0.25, -0.2) is 0 Å². The third-order valence-electron chi connectivity index (χ3n) is 3.96. The molecule has 0 aromatic heterocycles. The van der Waals surface area contributed by atoms with Gasteiger partial charge in [-0.3, -0.25) is 14.9 Å². The number of hydrogen-bond acceptors (Lipinski definition) is 5. The first-order valence-electron chi connectivity index (χ1n) is 7.25. The largest absolute Gasteiger partial charge is 0.469 e. The number of carbonyl (C=O) groups excluding carboxylic acids is 2. The van der Waals surface area contributed by atoms with E-state index < -0.39 is 12.0 Å². The third-order valence-corrected chi connectivity index (χ3v) is 4.71. The van der Waals surface area contributed by atoms with Crippen LogP contribution in [0, 0.1) is 11.8 Å². The summed E-state index contributed by atoms with van der Waals surface area (Å²) in [5.74, 6) is -1.32. The molecule has 120 valence electrons. The molecule has 0 amide bonds. The van der Waals surface area contributed by atoms with Gasteiger partial charge in [-0.05, 0) is 12.5 Å². The Bertz CT molecular complexity index is 522. The molecule has 1 fully saturated rings. The van der Waals surface area contributed by atoms with Gasteiger partial charge >= 0.3 is 11.9 Å². The molecule has 0 radical (unpaired) electrons. The maximum atomic E-state index is 12.3. The minimum absolute atomic E-state index is 0.225. The number of hydrogen-bond donors (Lipinski definition) is 1. The smallest absolute Gasteiger partial charge is 0.323 e. The van der Waals surface area contributed by atoms with Crippen molar-refractivity contribution in [2.75, 3.05) is 19.0 Å². The lowest BCUT2D eigenvalue weighted by molar-refractivity contribution is -0.148. The zero-order chi connectivity index (χ0) is 16.1. The molecule has 22 heavy (non-hydrogen) atoms. The summed E-state index contributed by atoms with van der Waals surface area (Å²) in [6.07, 6.45) is 0. The lowest BCUT2D eigenvalue weighted by Crippen LogP contribution is -2.39. The van der Waals surface area contributed by atoms with Crippen molar-refractivity contribution in [2.24, 2.45) is 11.8 Å². The predicted octanol–water partition coefficient (Wildman–Crippen LogP) is 2.06. The normalized spacial score (nSPS) is 27.4. The second-order valence-corrected chi connectivity index (χ2v) is 5.80. The van der Waals surface area contributed by atoms with Gasteiger partial charge in [0.1, 0.15) is 6.04 Å². The second-order valence-electron chi connectivity index (χ2n) is 5.15. The summed E-state index contributed by atoms with van der Waals surface area (Å²) in [6, 6.07) is 8.80. The maximum Gasteiger partial charge on any atom is 0.323 e. The summed E-state index contributed by atoms with van der Waals surface area (Å²) in [5.41, 5.74) is 0.954. The van der Waals surface area contributed by atoms with Crippen molar-refractivity contribution in [3.63, 3.8) is 0 Å². The van der Waals surface area contributed by atoms with Crippen LogP contribution in [0.5, 0.6) is 0 Å². The van der Waals surface area contributed by atoms with Gasteiger partial charge in [0.25, 0.3) is 0 Å². The zero-order valence-electron chi connectivity index (χ0n) is 12.6. The van der Waals surface area contributed by atoms with E-state index in [1.165, 1.54) is 7.11 Å². The van der Waals surface area contributed by atoms with Gasteiger partial charge in [0.2, 0.25) is 0 Å². The van der Waals surface area contributed by atoms with Gasteiger partial charge in [0.15, 0.2) is 0 Å². The van der Waals surface area contributed by atoms with E-state index in [4.69, 9.17) is 9.47 Å². The van der Waals surface area contributed by atoms with Crippen LogP contribution in [0.2, 0.25) is 0 Å². The standard InChI is InChI=1S/C16H20BrNO4/c1-3-22-16(20)14-11(9-17)12(15(19)21-2)13(18-14)10-7-5-4-6-8-10/h4-8,11-14,18H,3,9H2,1-2H3/t11-,12-,13+,14+/m0/s1. The number of rotatable bonds is 5. The average Bonchev–Trinajstić information content (AvgIpc) is 2.94. The van der Waals surface area contributed by atoms with Gasteiger partial charge in [-0.2, -0.15) is 0 Å². The van der Waals surface area contributed by atoms with E-state index in [0.29, 0.717) is 11.9 Å². The van der Waals surface area contributed by atoms with Crippen molar-refractivity contribution >= 4 is 27.9 Å². The van der Waals surface area contributed by atoms with Gasteiger partial charge in [-0.1, -0.05) is 46.3 Å². The number of nitrogens with one attached hydrogen (secondary N) is 1. The van der Waals surface area contributed by atoms with Crippen molar-refractivity contribution in [1.29, 1.82) is 0 Å². The molecule has 0 spiro atoms. The molecular weight excluding hydrogens is 350 g/mol. The summed E-state index contributed by atoms with van der Waals surface area (Å²) in [7, 11) is 1.37. The number of esters is 2. The molecule has 4 atom stereocenters. The number of ether oxygens (including phenoxy) is 2. The summed E-state index contributed by atoms with van der Waals surface area (Å²) in [5, 5.41) is 3.76. The molecule has 0 saturated carbocycles. The van der Waals surface area contributed by atoms with E-state index in [1.807, 2.05) is 30.3 Å². The van der Waals surface area contributed by atoms with Crippen molar-refractivity contribution in [2.45, 2.75) is 19.0 Å². The molecule has 0 bridgehead atoms. The first kappa shape index (κ1) is 17.0.